The van der Waals surface area contributed by atoms with Gasteiger partial charge in [-0.15, -0.1) is 0 Å². The van der Waals surface area contributed by atoms with Crippen LogP contribution in [0, 0.1) is 18.7 Å². The van der Waals surface area contributed by atoms with Crippen molar-refractivity contribution in [2.75, 3.05) is 39.4 Å². The van der Waals surface area contributed by atoms with E-state index in [2.05, 4.69) is 17.1 Å². The van der Waals surface area contributed by atoms with E-state index in [9.17, 15) is 4.39 Å². The van der Waals surface area contributed by atoms with Crippen molar-refractivity contribution in [3.8, 4) is 0 Å². The highest BCUT2D eigenvalue weighted by Crippen LogP contribution is 2.37. The van der Waals surface area contributed by atoms with Crippen molar-refractivity contribution in [1.82, 2.24) is 10.2 Å². The van der Waals surface area contributed by atoms with E-state index in [4.69, 9.17) is 4.74 Å². The average Bonchev–Trinajstić information content (AvgIpc) is 2.53. The number of ether oxygens (including phenoxy) is 1. The standard InChI is InChI=1S/C17H25FN2O/c1-13-2-3-15(18)12-16(13)17(14-4-10-21-11-5-14)20-8-6-19-7-9-20/h2-3,12,14,17,19H,4-11H2,1H3/t17-/m1/s1. The first-order chi connectivity index (χ1) is 10.3. The fourth-order valence-corrected chi connectivity index (χ4v) is 3.67. The van der Waals surface area contributed by atoms with E-state index in [0.717, 1.165) is 52.2 Å². The van der Waals surface area contributed by atoms with Gasteiger partial charge in [0.1, 0.15) is 5.82 Å². The van der Waals surface area contributed by atoms with Crippen LogP contribution in [0.15, 0.2) is 18.2 Å². The van der Waals surface area contributed by atoms with Gasteiger partial charge in [-0.05, 0) is 48.9 Å². The molecule has 2 fully saturated rings. The van der Waals surface area contributed by atoms with Gasteiger partial charge in [-0.2, -0.15) is 0 Å². The molecule has 0 aromatic heterocycles. The Morgan fingerprint density at radius 2 is 1.95 bits per heavy atom. The van der Waals surface area contributed by atoms with Crippen molar-refractivity contribution in [2.24, 2.45) is 5.92 Å². The molecular formula is C17H25FN2O. The maximum absolute atomic E-state index is 13.8. The van der Waals surface area contributed by atoms with Gasteiger partial charge in [0, 0.05) is 45.4 Å². The average molecular weight is 292 g/mol. The van der Waals surface area contributed by atoms with Crippen LogP contribution in [0.25, 0.3) is 0 Å². The van der Waals surface area contributed by atoms with Crippen LogP contribution < -0.4 is 5.32 Å². The molecule has 1 aromatic carbocycles. The Bertz CT molecular complexity index is 450. The van der Waals surface area contributed by atoms with Crippen LogP contribution in [0.1, 0.15) is 30.0 Å². The largest absolute Gasteiger partial charge is 0.381 e. The zero-order chi connectivity index (χ0) is 14.7. The second-order valence-electron chi connectivity index (χ2n) is 6.18. The molecule has 3 nitrogen and oxygen atoms in total. The molecule has 0 unspecified atom stereocenters. The smallest absolute Gasteiger partial charge is 0.123 e. The van der Waals surface area contributed by atoms with E-state index < -0.39 is 0 Å². The Morgan fingerprint density at radius 1 is 1.24 bits per heavy atom. The lowest BCUT2D eigenvalue weighted by molar-refractivity contribution is 0.0210. The van der Waals surface area contributed by atoms with Gasteiger partial charge in [0.25, 0.3) is 0 Å². The monoisotopic (exact) mass is 292 g/mol. The van der Waals surface area contributed by atoms with Crippen molar-refractivity contribution in [1.29, 1.82) is 0 Å². The summed E-state index contributed by atoms with van der Waals surface area (Å²) in [5.74, 6) is 0.445. The topological polar surface area (TPSA) is 24.5 Å². The number of benzene rings is 1. The van der Waals surface area contributed by atoms with Crippen molar-refractivity contribution in [3.63, 3.8) is 0 Å². The van der Waals surface area contributed by atoms with E-state index >= 15 is 0 Å². The third-order valence-electron chi connectivity index (χ3n) is 4.82. The lowest BCUT2D eigenvalue weighted by Gasteiger charge is -2.41. The summed E-state index contributed by atoms with van der Waals surface area (Å²) < 4.78 is 19.3. The predicted octanol–water partition coefficient (Wildman–Crippen LogP) is 2.51. The van der Waals surface area contributed by atoms with Crippen LogP contribution in [-0.4, -0.2) is 44.3 Å². The predicted molar refractivity (Wildman–Crippen MR) is 81.9 cm³/mol. The number of hydrogen-bond acceptors (Lipinski definition) is 3. The van der Waals surface area contributed by atoms with E-state index in [1.807, 2.05) is 6.07 Å². The number of rotatable bonds is 3. The van der Waals surface area contributed by atoms with Crippen LogP contribution in [-0.2, 0) is 4.74 Å². The fourth-order valence-electron chi connectivity index (χ4n) is 3.67. The molecule has 0 radical (unpaired) electrons. The molecule has 0 spiro atoms. The summed E-state index contributed by atoms with van der Waals surface area (Å²) in [6.07, 6.45) is 2.15. The Morgan fingerprint density at radius 3 is 2.67 bits per heavy atom. The van der Waals surface area contributed by atoms with Gasteiger partial charge in [0.05, 0.1) is 0 Å². The first-order valence-electron chi connectivity index (χ1n) is 8.04. The van der Waals surface area contributed by atoms with E-state index in [-0.39, 0.29) is 5.82 Å². The Hall–Kier alpha value is -0.970. The number of nitrogens with zero attached hydrogens (tertiary/aromatic N) is 1. The molecule has 2 heterocycles. The number of piperazine rings is 1. The SMILES string of the molecule is Cc1ccc(F)cc1[C@@H](C1CCOCC1)N1CCNCC1. The molecule has 0 aliphatic carbocycles. The molecule has 0 bridgehead atoms. The third-order valence-corrected chi connectivity index (χ3v) is 4.82. The second-order valence-corrected chi connectivity index (χ2v) is 6.18. The summed E-state index contributed by atoms with van der Waals surface area (Å²) in [4.78, 5) is 2.54. The molecule has 2 aliphatic heterocycles. The molecule has 3 rings (SSSR count). The summed E-state index contributed by atoms with van der Waals surface area (Å²) in [7, 11) is 0. The summed E-state index contributed by atoms with van der Waals surface area (Å²) in [6, 6.07) is 5.56. The maximum Gasteiger partial charge on any atom is 0.123 e. The molecule has 0 amide bonds. The summed E-state index contributed by atoms with van der Waals surface area (Å²) >= 11 is 0. The lowest BCUT2D eigenvalue weighted by Crippen LogP contribution is -2.47. The Balaban J connectivity index is 1.91. The van der Waals surface area contributed by atoms with Crippen molar-refractivity contribution >= 4 is 0 Å². The first kappa shape index (κ1) is 14.9. The quantitative estimate of drug-likeness (QED) is 0.926. The van der Waals surface area contributed by atoms with Gasteiger partial charge in [0.15, 0.2) is 0 Å². The van der Waals surface area contributed by atoms with Gasteiger partial charge in [0.2, 0.25) is 0 Å². The molecule has 21 heavy (non-hydrogen) atoms. The second kappa shape index (κ2) is 6.86. The molecule has 116 valence electrons. The van der Waals surface area contributed by atoms with Crippen LogP contribution >= 0.6 is 0 Å². The zero-order valence-corrected chi connectivity index (χ0v) is 12.8. The summed E-state index contributed by atoms with van der Waals surface area (Å²) in [6.45, 7) is 7.89. The normalized spacial score (nSPS) is 23.1. The van der Waals surface area contributed by atoms with Crippen molar-refractivity contribution < 1.29 is 9.13 Å². The first-order valence-corrected chi connectivity index (χ1v) is 8.04. The van der Waals surface area contributed by atoms with Crippen molar-refractivity contribution in [3.05, 3.63) is 35.1 Å². The van der Waals surface area contributed by atoms with Gasteiger partial charge < -0.3 is 10.1 Å². The van der Waals surface area contributed by atoms with Gasteiger partial charge >= 0.3 is 0 Å². The number of halogens is 1. The fraction of sp³-hybridized carbons (Fsp3) is 0.647. The molecule has 2 saturated heterocycles. The van der Waals surface area contributed by atoms with Gasteiger partial charge in [-0.3, -0.25) is 4.90 Å². The van der Waals surface area contributed by atoms with Crippen LogP contribution in [0.5, 0.6) is 0 Å². The maximum atomic E-state index is 13.8. The van der Waals surface area contributed by atoms with Gasteiger partial charge in [-0.1, -0.05) is 6.07 Å². The van der Waals surface area contributed by atoms with E-state index in [1.165, 1.54) is 11.1 Å². The molecule has 0 saturated carbocycles. The molecule has 2 aliphatic rings. The summed E-state index contributed by atoms with van der Waals surface area (Å²) in [5, 5.41) is 3.41. The minimum absolute atomic E-state index is 0.122. The number of nitrogens with one attached hydrogen (secondary N) is 1. The summed E-state index contributed by atoms with van der Waals surface area (Å²) in [5.41, 5.74) is 2.37. The van der Waals surface area contributed by atoms with Crippen molar-refractivity contribution in [2.45, 2.75) is 25.8 Å². The highest BCUT2D eigenvalue weighted by molar-refractivity contribution is 5.30. The molecule has 1 atom stereocenters. The molecular weight excluding hydrogens is 267 g/mol. The highest BCUT2D eigenvalue weighted by Gasteiger charge is 2.32. The van der Waals surface area contributed by atoms with Crippen LogP contribution in [0.2, 0.25) is 0 Å². The Labute approximate surface area is 126 Å². The minimum Gasteiger partial charge on any atom is -0.381 e. The molecule has 1 N–H and O–H groups in total. The zero-order valence-electron chi connectivity index (χ0n) is 12.8. The van der Waals surface area contributed by atoms with E-state index in [1.54, 1.807) is 12.1 Å². The molecule has 1 aromatic rings. The minimum atomic E-state index is -0.122. The Kier molecular flexibility index (Phi) is 4.88. The van der Waals surface area contributed by atoms with Gasteiger partial charge in [-0.25, -0.2) is 4.39 Å². The third kappa shape index (κ3) is 3.44. The highest BCUT2D eigenvalue weighted by atomic mass is 19.1. The van der Waals surface area contributed by atoms with Crippen LogP contribution in [0.3, 0.4) is 0 Å². The van der Waals surface area contributed by atoms with E-state index in [0.29, 0.717) is 12.0 Å². The lowest BCUT2D eigenvalue weighted by atomic mass is 9.84. The number of aryl methyl sites for hydroxylation is 1. The van der Waals surface area contributed by atoms with Crippen LogP contribution in [0.4, 0.5) is 4.39 Å². The number of hydrogen-bond donors (Lipinski definition) is 1. The molecule has 4 heteroatoms.